The number of carboxylic acids is 1. The number of H-pyrrole nitrogens is 1. The molecule has 0 unspecified atom stereocenters. The van der Waals surface area contributed by atoms with Gasteiger partial charge >= 0.3 is 5.97 Å². The van der Waals surface area contributed by atoms with E-state index < -0.39 is 26.8 Å². The molecule has 0 saturated carbocycles. The van der Waals surface area contributed by atoms with Gasteiger partial charge in [-0.1, -0.05) is 0 Å². The average Bonchev–Trinajstić information content (AvgIpc) is 2.98. The van der Waals surface area contributed by atoms with Crippen molar-refractivity contribution in [1.29, 1.82) is 0 Å². The number of rotatable bonds is 5. The van der Waals surface area contributed by atoms with Crippen LogP contribution in [0.3, 0.4) is 0 Å². The number of aromatic amines is 1. The van der Waals surface area contributed by atoms with E-state index >= 15 is 0 Å². The Balaban J connectivity index is 2.12. The molecule has 18 heavy (non-hydrogen) atoms. The second-order valence-corrected chi connectivity index (χ2v) is 4.88. The van der Waals surface area contributed by atoms with E-state index in [1.54, 1.807) is 0 Å². The summed E-state index contributed by atoms with van der Waals surface area (Å²) in [4.78, 5) is 14.3. The van der Waals surface area contributed by atoms with Crippen molar-refractivity contribution in [3.8, 4) is 0 Å². The Morgan fingerprint density at radius 1 is 1.50 bits per heavy atom. The average molecular weight is 272 g/mol. The zero-order chi connectivity index (χ0) is 13.2. The van der Waals surface area contributed by atoms with Crippen LogP contribution in [-0.2, 0) is 16.6 Å². The first kappa shape index (κ1) is 12.3. The molecule has 0 saturated heterocycles. The van der Waals surface area contributed by atoms with Crippen LogP contribution in [0.1, 0.15) is 16.4 Å². The highest BCUT2D eigenvalue weighted by Gasteiger charge is 2.20. The van der Waals surface area contributed by atoms with Crippen LogP contribution in [-0.4, -0.2) is 34.7 Å². The normalized spacial score (nSPS) is 11.6. The van der Waals surface area contributed by atoms with E-state index in [4.69, 9.17) is 5.11 Å². The lowest BCUT2D eigenvalue weighted by molar-refractivity contribution is 0.0656. The molecule has 9 nitrogen and oxygen atoms in total. The third kappa shape index (κ3) is 2.55. The van der Waals surface area contributed by atoms with Gasteiger partial charge in [-0.2, -0.15) is 5.10 Å². The monoisotopic (exact) mass is 272 g/mol. The van der Waals surface area contributed by atoms with Gasteiger partial charge in [0.15, 0.2) is 0 Å². The number of nitrogens with one attached hydrogen (secondary N) is 2. The summed E-state index contributed by atoms with van der Waals surface area (Å²) in [6.07, 6.45) is 1.24. The number of furan rings is 1. The van der Waals surface area contributed by atoms with Crippen LogP contribution in [0.2, 0.25) is 0 Å². The van der Waals surface area contributed by atoms with Gasteiger partial charge in [-0.25, -0.2) is 22.9 Å². The summed E-state index contributed by atoms with van der Waals surface area (Å²) in [5.41, 5.74) is 0. The minimum absolute atomic E-state index is 0.106. The van der Waals surface area contributed by atoms with E-state index in [0.29, 0.717) is 5.82 Å². The first-order valence-corrected chi connectivity index (χ1v) is 6.14. The maximum absolute atomic E-state index is 11.7. The summed E-state index contributed by atoms with van der Waals surface area (Å²) >= 11 is 0. The quantitative estimate of drug-likeness (QED) is 0.671. The van der Waals surface area contributed by atoms with Gasteiger partial charge in [0.25, 0.3) is 10.0 Å². The molecule has 0 amide bonds. The maximum Gasteiger partial charge on any atom is 0.371 e. The third-order valence-electron chi connectivity index (χ3n) is 1.95. The van der Waals surface area contributed by atoms with Crippen LogP contribution in [0.15, 0.2) is 28.0 Å². The number of nitrogens with zero attached hydrogens (tertiary/aromatic N) is 2. The Labute approximate surface area is 101 Å². The largest absolute Gasteiger partial charge is 0.475 e. The maximum atomic E-state index is 11.7. The standard InChI is InChI=1S/C8H8N4O5S/c13-8(14)5-1-2-7(17-5)18(15,16)11-3-6-9-4-10-12-6/h1-2,4,11H,3H2,(H,13,14)(H,9,10,12). The summed E-state index contributed by atoms with van der Waals surface area (Å²) in [5.74, 6) is -1.47. The predicted octanol–water partition coefficient (Wildman–Crippen LogP) is -0.426. The fraction of sp³-hybridized carbons (Fsp3) is 0.125. The highest BCUT2D eigenvalue weighted by Crippen LogP contribution is 2.13. The second-order valence-electron chi connectivity index (χ2n) is 3.18. The smallest absolute Gasteiger partial charge is 0.371 e. The minimum Gasteiger partial charge on any atom is -0.475 e. The van der Waals surface area contributed by atoms with Crippen LogP contribution in [0.25, 0.3) is 0 Å². The number of carboxylic acid groups (broad SMARTS) is 1. The van der Waals surface area contributed by atoms with E-state index in [1.165, 1.54) is 6.33 Å². The Morgan fingerprint density at radius 2 is 2.28 bits per heavy atom. The Kier molecular flexibility index (Phi) is 3.12. The lowest BCUT2D eigenvalue weighted by Gasteiger charge is -2.01. The van der Waals surface area contributed by atoms with Crippen molar-refractivity contribution in [1.82, 2.24) is 19.9 Å². The van der Waals surface area contributed by atoms with E-state index in [-0.39, 0.29) is 6.54 Å². The van der Waals surface area contributed by atoms with Crippen molar-refractivity contribution in [2.75, 3.05) is 0 Å². The van der Waals surface area contributed by atoms with E-state index in [9.17, 15) is 13.2 Å². The van der Waals surface area contributed by atoms with Gasteiger partial charge in [0.2, 0.25) is 10.9 Å². The van der Waals surface area contributed by atoms with E-state index in [2.05, 4.69) is 24.3 Å². The number of hydrogen-bond acceptors (Lipinski definition) is 6. The first-order valence-electron chi connectivity index (χ1n) is 4.66. The molecule has 96 valence electrons. The number of carbonyl (C=O) groups is 1. The lowest BCUT2D eigenvalue weighted by Crippen LogP contribution is -2.23. The molecule has 2 aromatic heterocycles. The molecular weight excluding hydrogens is 264 g/mol. The molecule has 0 aromatic carbocycles. The van der Waals surface area contributed by atoms with Crippen molar-refractivity contribution in [2.45, 2.75) is 11.6 Å². The fourth-order valence-corrected chi connectivity index (χ4v) is 2.05. The molecule has 0 fully saturated rings. The Bertz CT molecular complexity index is 645. The highest BCUT2D eigenvalue weighted by atomic mass is 32.2. The van der Waals surface area contributed by atoms with Crippen LogP contribution in [0.5, 0.6) is 0 Å². The Hall–Kier alpha value is -2.20. The number of sulfonamides is 1. The SMILES string of the molecule is O=C(O)c1ccc(S(=O)(=O)NCc2ncn[nH]2)o1. The van der Waals surface area contributed by atoms with Gasteiger partial charge in [0, 0.05) is 0 Å². The molecule has 10 heteroatoms. The molecule has 0 spiro atoms. The number of hydrogen-bond donors (Lipinski definition) is 3. The summed E-state index contributed by atoms with van der Waals surface area (Å²) < 4.78 is 30.3. The first-order chi connectivity index (χ1) is 8.49. The topological polar surface area (TPSA) is 138 Å². The zero-order valence-electron chi connectivity index (χ0n) is 8.82. The predicted molar refractivity (Wildman–Crippen MR) is 56.1 cm³/mol. The van der Waals surface area contributed by atoms with Gasteiger partial charge < -0.3 is 9.52 Å². The highest BCUT2D eigenvalue weighted by molar-refractivity contribution is 7.89. The van der Waals surface area contributed by atoms with E-state index in [1.807, 2.05) is 0 Å². The van der Waals surface area contributed by atoms with Gasteiger partial charge in [-0.05, 0) is 12.1 Å². The summed E-state index contributed by atoms with van der Waals surface area (Å²) in [5, 5.41) is 14.2. The molecule has 2 aromatic rings. The van der Waals surface area contributed by atoms with E-state index in [0.717, 1.165) is 12.1 Å². The molecule has 0 aliphatic heterocycles. The lowest BCUT2D eigenvalue weighted by atomic mass is 10.5. The molecular formula is C8H8N4O5S. The molecule has 0 aliphatic rings. The van der Waals surface area contributed by atoms with Crippen LogP contribution >= 0.6 is 0 Å². The van der Waals surface area contributed by atoms with Gasteiger partial charge in [-0.3, -0.25) is 5.10 Å². The fourth-order valence-electron chi connectivity index (χ4n) is 1.13. The van der Waals surface area contributed by atoms with Crippen LogP contribution < -0.4 is 4.72 Å². The number of aromatic carboxylic acids is 1. The van der Waals surface area contributed by atoms with Gasteiger partial charge in [0.05, 0.1) is 6.54 Å². The van der Waals surface area contributed by atoms with Crippen LogP contribution in [0, 0.1) is 0 Å². The molecule has 2 heterocycles. The summed E-state index contributed by atoms with van der Waals surface area (Å²) in [7, 11) is -3.92. The second kappa shape index (κ2) is 4.58. The Morgan fingerprint density at radius 3 is 2.83 bits per heavy atom. The van der Waals surface area contributed by atoms with Crippen molar-refractivity contribution in [2.24, 2.45) is 0 Å². The summed E-state index contributed by atoms with van der Waals surface area (Å²) in [6.45, 7) is -0.106. The van der Waals surface area contributed by atoms with Crippen molar-refractivity contribution in [3.63, 3.8) is 0 Å². The van der Waals surface area contributed by atoms with Gasteiger partial charge in [0.1, 0.15) is 12.2 Å². The number of aromatic nitrogens is 3. The van der Waals surface area contributed by atoms with Crippen molar-refractivity contribution < 1.29 is 22.7 Å². The molecule has 0 atom stereocenters. The summed E-state index contributed by atoms with van der Waals surface area (Å²) in [6, 6.07) is 2.12. The third-order valence-corrected chi connectivity index (χ3v) is 3.23. The molecule has 2 rings (SSSR count). The molecule has 0 aliphatic carbocycles. The van der Waals surface area contributed by atoms with Crippen molar-refractivity contribution in [3.05, 3.63) is 30.0 Å². The van der Waals surface area contributed by atoms with Crippen LogP contribution in [0.4, 0.5) is 0 Å². The molecule has 0 radical (unpaired) electrons. The van der Waals surface area contributed by atoms with Gasteiger partial charge in [-0.15, -0.1) is 0 Å². The molecule has 3 N–H and O–H groups in total. The molecule has 0 bridgehead atoms. The zero-order valence-corrected chi connectivity index (χ0v) is 9.64. The minimum atomic E-state index is -3.92. The van der Waals surface area contributed by atoms with Crippen molar-refractivity contribution >= 4 is 16.0 Å².